The predicted octanol–water partition coefficient (Wildman–Crippen LogP) is 1.69. The molecule has 0 saturated heterocycles. The predicted molar refractivity (Wildman–Crippen MR) is 92.4 cm³/mol. The fourth-order valence-corrected chi connectivity index (χ4v) is 2.91. The van der Waals surface area contributed by atoms with E-state index in [2.05, 4.69) is 36.2 Å². The second-order valence-electron chi connectivity index (χ2n) is 6.27. The van der Waals surface area contributed by atoms with Crippen LogP contribution in [0.3, 0.4) is 0 Å². The lowest BCUT2D eigenvalue weighted by atomic mass is 10.1. The number of halogens is 1. The molecule has 1 unspecified atom stereocenters. The van der Waals surface area contributed by atoms with Gasteiger partial charge in [-0.05, 0) is 54.3 Å². The fourth-order valence-electron chi connectivity index (χ4n) is 2.91. The van der Waals surface area contributed by atoms with E-state index in [1.54, 1.807) is 4.68 Å². The lowest BCUT2D eigenvalue weighted by Crippen LogP contribution is -2.35. The van der Waals surface area contributed by atoms with Crippen molar-refractivity contribution in [1.29, 1.82) is 0 Å². The van der Waals surface area contributed by atoms with E-state index >= 15 is 0 Å². The zero-order valence-electron chi connectivity index (χ0n) is 14.6. The number of tetrazole rings is 1. The maximum atomic E-state index is 14.1. The van der Waals surface area contributed by atoms with Crippen LogP contribution in [0, 0.1) is 11.7 Å². The average molecular weight is 371 g/mol. The molecule has 27 heavy (non-hydrogen) atoms. The van der Waals surface area contributed by atoms with E-state index in [0.717, 1.165) is 12.8 Å². The van der Waals surface area contributed by atoms with Gasteiger partial charge < -0.3 is 10.6 Å². The van der Waals surface area contributed by atoms with Gasteiger partial charge in [0.25, 0.3) is 0 Å². The summed E-state index contributed by atoms with van der Waals surface area (Å²) in [6.45, 7) is 2.62. The van der Waals surface area contributed by atoms with Gasteiger partial charge in [-0.2, -0.15) is 5.10 Å². The number of aromatic nitrogens is 7. The lowest BCUT2D eigenvalue weighted by Gasteiger charge is -2.19. The quantitative estimate of drug-likeness (QED) is 0.681. The highest BCUT2D eigenvalue weighted by molar-refractivity contribution is 5.90. The van der Waals surface area contributed by atoms with Gasteiger partial charge in [-0.25, -0.2) is 23.5 Å². The maximum absolute atomic E-state index is 14.1. The van der Waals surface area contributed by atoms with Gasteiger partial charge in [0.1, 0.15) is 24.3 Å². The Hall–Kier alpha value is -3.37. The van der Waals surface area contributed by atoms with Crippen molar-refractivity contribution in [2.75, 3.05) is 5.32 Å². The zero-order valence-corrected chi connectivity index (χ0v) is 14.6. The molecule has 1 atom stereocenters. The summed E-state index contributed by atoms with van der Waals surface area (Å²) < 4.78 is 17.3. The molecule has 1 fully saturated rings. The summed E-state index contributed by atoms with van der Waals surface area (Å²) >= 11 is 0. The van der Waals surface area contributed by atoms with Gasteiger partial charge in [0, 0.05) is 6.54 Å². The first kappa shape index (κ1) is 17.1. The zero-order chi connectivity index (χ0) is 18.8. The number of rotatable bonds is 6. The summed E-state index contributed by atoms with van der Waals surface area (Å²) in [7, 11) is 0. The van der Waals surface area contributed by atoms with Crippen molar-refractivity contribution in [1.82, 2.24) is 40.3 Å². The van der Waals surface area contributed by atoms with Gasteiger partial charge in [0.2, 0.25) is 0 Å². The van der Waals surface area contributed by atoms with Crippen LogP contribution in [0.5, 0.6) is 0 Å². The van der Waals surface area contributed by atoms with Crippen molar-refractivity contribution in [3.63, 3.8) is 0 Å². The van der Waals surface area contributed by atoms with E-state index in [1.165, 1.54) is 35.5 Å². The third-order valence-corrected chi connectivity index (χ3v) is 4.41. The number of benzene rings is 1. The first-order valence-corrected chi connectivity index (χ1v) is 8.64. The molecule has 0 spiro atoms. The van der Waals surface area contributed by atoms with E-state index in [-0.39, 0.29) is 11.7 Å². The summed E-state index contributed by atoms with van der Waals surface area (Å²) in [5, 5.41) is 20.5. The Bertz CT molecular complexity index is 935. The van der Waals surface area contributed by atoms with Crippen molar-refractivity contribution in [3.05, 3.63) is 42.5 Å². The molecule has 140 valence electrons. The first-order valence-electron chi connectivity index (χ1n) is 8.64. The van der Waals surface area contributed by atoms with Crippen LogP contribution >= 0.6 is 0 Å². The molecular weight excluding hydrogens is 353 g/mol. The highest BCUT2D eigenvalue weighted by Gasteiger charge is 2.36. The van der Waals surface area contributed by atoms with Gasteiger partial charge in [0.15, 0.2) is 0 Å². The SMILES string of the molecule is CCn1ncnc1C(NC(=O)Nc1cc(-n2cnnn2)ccc1F)C1CC1. The molecular formula is C16H18FN9O. The standard InChI is InChI=1S/C16H18FN9O/c1-2-25-15(18-8-20-25)14(10-3-4-10)22-16(27)21-13-7-11(5-6-12(13)17)26-9-19-23-24-26/h5-10,14H,2-4H2,1H3,(H2,21,22,27). The van der Waals surface area contributed by atoms with Crippen LogP contribution in [-0.2, 0) is 6.54 Å². The fraction of sp³-hybridized carbons (Fsp3) is 0.375. The highest BCUT2D eigenvalue weighted by Crippen LogP contribution is 2.40. The van der Waals surface area contributed by atoms with E-state index in [4.69, 9.17) is 0 Å². The smallest absolute Gasteiger partial charge is 0.319 e. The summed E-state index contributed by atoms with van der Waals surface area (Å²) in [5.41, 5.74) is 0.563. The Balaban J connectivity index is 1.51. The van der Waals surface area contributed by atoms with Crippen molar-refractivity contribution in [2.24, 2.45) is 5.92 Å². The third kappa shape index (κ3) is 3.61. The van der Waals surface area contributed by atoms with Crippen molar-refractivity contribution < 1.29 is 9.18 Å². The number of nitrogens with zero attached hydrogens (tertiary/aromatic N) is 7. The topological polar surface area (TPSA) is 115 Å². The minimum atomic E-state index is -0.554. The Morgan fingerprint density at radius 2 is 2.26 bits per heavy atom. The third-order valence-electron chi connectivity index (χ3n) is 4.41. The molecule has 2 amide bonds. The number of carbonyl (C=O) groups is 1. The number of nitrogens with one attached hydrogen (secondary N) is 2. The molecule has 0 bridgehead atoms. The number of anilines is 1. The molecule has 2 aromatic heterocycles. The highest BCUT2D eigenvalue weighted by atomic mass is 19.1. The molecule has 1 aromatic carbocycles. The van der Waals surface area contributed by atoms with Crippen LogP contribution in [-0.4, -0.2) is 41.0 Å². The molecule has 1 saturated carbocycles. The molecule has 0 aliphatic heterocycles. The van der Waals surface area contributed by atoms with Crippen LogP contribution in [0.15, 0.2) is 30.9 Å². The molecule has 3 aromatic rings. The minimum absolute atomic E-state index is 0.0343. The van der Waals surface area contributed by atoms with Gasteiger partial charge in [-0.15, -0.1) is 5.10 Å². The van der Waals surface area contributed by atoms with Crippen molar-refractivity contribution in [2.45, 2.75) is 32.4 Å². The largest absolute Gasteiger partial charge is 0.328 e. The molecule has 4 rings (SSSR count). The van der Waals surface area contributed by atoms with Crippen molar-refractivity contribution >= 4 is 11.7 Å². The van der Waals surface area contributed by atoms with Crippen LogP contribution in [0.1, 0.15) is 31.6 Å². The maximum Gasteiger partial charge on any atom is 0.319 e. The van der Waals surface area contributed by atoms with Crippen LogP contribution in [0.25, 0.3) is 5.69 Å². The monoisotopic (exact) mass is 371 g/mol. The average Bonchev–Trinajstić information content (AvgIpc) is 3.17. The van der Waals surface area contributed by atoms with Crippen molar-refractivity contribution in [3.8, 4) is 5.69 Å². The molecule has 10 nitrogen and oxygen atoms in total. The normalized spacial score (nSPS) is 14.7. The second-order valence-corrected chi connectivity index (χ2v) is 6.27. The number of hydrogen-bond donors (Lipinski definition) is 2. The Kier molecular flexibility index (Phi) is 4.48. The van der Waals surface area contributed by atoms with Crippen LogP contribution in [0.2, 0.25) is 0 Å². The Morgan fingerprint density at radius 3 is 2.96 bits per heavy atom. The van der Waals surface area contributed by atoms with Crippen LogP contribution < -0.4 is 10.6 Å². The molecule has 0 radical (unpaired) electrons. The summed E-state index contributed by atoms with van der Waals surface area (Å²) in [5.74, 6) is 0.461. The summed E-state index contributed by atoms with van der Waals surface area (Å²) in [6.07, 6.45) is 4.87. The van der Waals surface area contributed by atoms with E-state index in [9.17, 15) is 9.18 Å². The molecule has 1 aliphatic carbocycles. The van der Waals surface area contributed by atoms with E-state index < -0.39 is 11.8 Å². The Morgan fingerprint density at radius 1 is 1.41 bits per heavy atom. The minimum Gasteiger partial charge on any atom is -0.328 e. The molecule has 2 heterocycles. The number of carbonyl (C=O) groups excluding carboxylic acids is 1. The summed E-state index contributed by atoms with van der Waals surface area (Å²) in [4.78, 5) is 16.8. The van der Waals surface area contributed by atoms with Gasteiger partial charge in [-0.1, -0.05) is 0 Å². The van der Waals surface area contributed by atoms with Gasteiger partial charge in [-0.3, -0.25) is 0 Å². The number of aryl methyl sites for hydroxylation is 1. The second kappa shape index (κ2) is 7.09. The molecule has 1 aliphatic rings. The van der Waals surface area contributed by atoms with Gasteiger partial charge >= 0.3 is 6.03 Å². The van der Waals surface area contributed by atoms with Gasteiger partial charge in [0.05, 0.1) is 17.4 Å². The Labute approximate surface area is 153 Å². The summed E-state index contributed by atoms with van der Waals surface area (Å²) in [6, 6.07) is 3.46. The first-order chi connectivity index (χ1) is 13.2. The number of urea groups is 1. The molecule has 11 heteroatoms. The van der Waals surface area contributed by atoms with Crippen LogP contribution in [0.4, 0.5) is 14.9 Å². The van der Waals surface area contributed by atoms with E-state index in [1.807, 2.05) is 6.92 Å². The number of hydrogen-bond acceptors (Lipinski definition) is 6. The number of amides is 2. The molecule has 2 N–H and O–H groups in total. The lowest BCUT2D eigenvalue weighted by molar-refractivity contribution is 0.245. The van der Waals surface area contributed by atoms with E-state index in [0.29, 0.717) is 24.0 Å².